The molecule has 4 rings (SSSR count). The fourth-order valence-corrected chi connectivity index (χ4v) is 3.37. The van der Waals surface area contributed by atoms with Crippen LogP contribution in [0.15, 0.2) is 60.9 Å². The lowest BCUT2D eigenvalue weighted by molar-refractivity contribution is 0.102. The molecular formula is C22H22N4O. The number of nitrogens with one attached hydrogen (secondary N) is 1. The third-order valence-electron chi connectivity index (χ3n) is 4.88. The minimum atomic E-state index is -0.252. The van der Waals surface area contributed by atoms with Crippen molar-refractivity contribution in [3.8, 4) is 0 Å². The van der Waals surface area contributed by atoms with Gasteiger partial charge in [-0.05, 0) is 48.6 Å². The lowest BCUT2D eigenvalue weighted by Crippen LogP contribution is -2.25. The van der Waals surface area contributed by atoms with Crippen LogP contribution in [0.1, 0.15) is 35.0 Å². The van der Waals surface area contributed by atoms with Gasteiger partial charge in [-0.3, -0.25) is 4.79 Å². The molecule has 1 aliphatic heterocycles. The summed E-state index contributed by atoms with van der Waals surface area (Å²) in [7, 11) is 0. The molecule has 27 heavy (non-hydrogen) atoms. The summed E-state index contributed by atoms with van der Waals surface area (Å²) in [5.41, 5.74) is 4.80. The lowest BCUT2D eigenvalue weighted by atomic mass is 10.0. The van der Waals surface area contributed by atoms with Gasteiger partial charge in [-0.15, -0.1) is 0 Å². The maximum absolute atomic E-state index is 12.4. The van der Waals surface area contributed by atoms with Gasteiger partial charge in [0.2, 0.25) is 0 Å². The third kappa shape index (κ3) is 3.67. The van der Waals surface area contributed by atoms with Crippen molar-refractivity contribution in [2.45, 2.75) is 26.2 Å². The molecule has 3 aromatic rings. The highest BCUT2D eigenvalue weighted by atomic mass is 16.1. The van der Waals surface area contributed by atoms with E-state index in [9.17, 15) is 4.79 Å². The van der Waals surface area contributed by atoms with Gasteiger partial charge in [-0.25, -0.2) is 9.97 Å². The molecule has 5 heteroatoms. The largest absolute Gasteiger partial charge is 0.325 e. The molecule has 0 saturated heterocycles. The summed E-state index contributed by atoms with van der Waals surface area (Å²) in [5, 5.41) is 2.87. The van der Waals surface area contributed by atoms with Crippen molar-refractivity contribution in [3.63, 3.8) is 0 Å². The first kappa shape index (κ1) is 17.2. The second kappa shape index (κ2) is 7.58. The molecule has 0 unspecified atom stereocenters. The second-order valence-corrected chi connectivity index (χ2v) is 6.65. The average Bonchev–Trinajstić information content (AvgIpc) is 2.74. The fourth-order valence-electron chi connectivity index (χ4n) is 3.37. The van der Waals surface area contributed by atoms with Gasteiger partial charge in [0.05, 0.1) is 12.4 Å². The number of nitrogens with zero attached hydrogens (tertiary/aromatic N) is 3. The summed E-state index contributed by atoms with van der Waals surface area (Å²) < 4.78 is 0. The molecule has 0 radical (unpaired) electrons. The van der Waals surface area contributed by atoms with Crippen LogP contribution in [0, 0.1) is 0 Å². The Morgan fingerprint density at radius 1 is 1.07 bits per heavy atom. The van der Waals surface area contributed by atoms with Gasteiger partial charge in [0.1, 0.15) is 5.69 Å². The van der Waals surface area contributed by atoms with Gasteiger partial charge in [0.15, 0.2) is 5.82 Å². The molecule has 2 aromatic carbocycles. The molecule has 2 heterocycles. The Morgan fingerprint density at radius 3 is 2.63 bits per heavy atom. The number of hydrogen-bond donors (Lipinski definition) is 1. The van der Waals surface area contributed by atoms with Crippen molar-refractivity contribution in [2.24, 2.45) is 0 Å². The van der Waals surface area contributed by atoms with Crippen LogP contribution in [-0.2, 0) is 12.8 Å². The van der Waals surface area contributed by atoms with E-state index in [2.05, 4.69) is 45.3 Å². The highest BCUT2D eigenvalue weighted by Gasteiger charge is 2.19. The minimum absolute atomic E-state index is 0.252. The van der Waals surface area contributed by atoms with Crippen LogP contribution in [0.4, 0.5) is 17.2 Å². The van der Waals surface area contributed by atoms with Crippen LogP contribution >= 0.6 is 0 Å². The first-order valence-corrected chi connectivity index (χ1v) is 9.32. The Labute approximate surface area is 159 Å². The van der Waals surface area contributed by atoms with Gasteiger partial charge in [-0.1, -0.05) is 37.3 Å². The highest BCUT2D eigenvalue weighted by Crippen LogP contribution is 2.31. The second-order valence-electron chi connectivity index (χ2n) is 6.65. The van der Waals surface area contributed by atoms with E-state index in [1.165, 1.54) is 16.8 Å². The Bertz CT molecular complexity index is 935. The number of aryl methyl sites for hydroxylation is 2. The van der Waals surface area contributed by atoms with Crippen molar-refractivity contribution >= 4 is 23.1 Å². The van der Waals surface area contributed by atoms with E-state index in [1.807, 2.05) is 30.3 Å². The average molecular weight is 358 g/mol. The van der Waals surface area contributed by atoms with E-state index in [1.54, 1.807) is 12.4 Å². The van der Waals surface area contributed by atoms with Crippen LogP contribution < -0.4 is 10.2 Å². The summed E-state index contributed by atoms with van der Waals surface area (Å²) >= 11 is 0. The van der Waals surface area contributed by atoms with Gasteiger partial charge >= 0.3 is 0 Å². The Morgan fingerprint density at radius 2 is 1.89 bits per heavy atom. The van der Waals surface area contributed by atoms with Gasteiger partial charge < -0.3 is 10.2 Å². The number of anilines is 3. The highest BCUT2D eigenvalue weighted by molar-refractivity contribution is 6.02. The Hall–Kier alpha value is -3.21. The number of rotatable bonds is 4. The van der Waals surface area contributed by atoms with Crippen molar-refractivity contribution in [1.82, 2.24) is 9.97 Å². The molecule has 0 spiro atoms. The van der Waals surface area contributed by atoms with E-state index in [0.717, 1.165) is 37.3 Å². The Balaban J connectivity index is 1.50. The fraction of sp³-hybridized carbons (Fsp3) is 0.227. The number of carbonyl (C=O) groups excluding carboxylic acids is 1. The zero-order valence-corrected chi connectivity index (χ0v) is 15.4. The summed E-state index contributed by atoms with van der Waals surface area (Å²) in [5.74, 6) is 0.517. The van der Waals surface area contributed by atoms with Crippen molar-refractivity contribution in [2.75, 3.05) is 16.8 Å². The molecule has 5 nitrogen and oxygen atoms in total. The number of hydrogen-bond acceptors (Lipinski definition) is 4. The third-order valence-corrected chi connectivity index (χ3v) is 4.88. The molecule has 0 saturated carbocycles. The first-order valence-electron chi connectivity index (χ1n) is 9.32. The molecule has 1 amide bonds. The Kier molecular flexibility index (Phi) is 4.83. The van der Waals surface area contributed by atoms with Crippen LogP contribution in [0.5, 0.6) is 0 Å². The van der Waals surface area contributed by atoms with Crippen LogP contribution in [-0.4, -0.2) is 22.4 Å². The SMILES string of the molecule is CCc1ccc(NC(=O)c2cnc(N3CCCc4ccccc43)cn2)cc1. The summed E-state index contributed by atoms with van der Waals surface area (Å²) in [6.45, 7) is 3.01. The smallest absolute Gasteiger partial charge is 0.275 e. The molecular weight excluding hydrogens is 336 g/mol. The minimum Gasteiger partial charge on any atom is -0.325 e. The quantitative estimate of drug-likeness (QED) is 0.752. The normalized spacial score (nSPS) is 13.1. The molecule has 1 aromatic heterocycles. The maximum Gasteiger partial charge on any atom is 0.275 e. The number of para-hydroxylation sites is 1. The van der Waals surface area contributed by atoms with E-state index in [0.29, 0.717) is 5.69 Å². The molecule has 1 aliphatic rings. The molecule has 0 bridgehead atoms. The van der Waals surface area contributed by atoms with Gasteiger partial charge in [-0.2, -0.15) is 0 Å². The zero-order chi connectivity index (χ0) is 18.6. The number of amides is 1. The zero-order valence-electron chi connectivity index (χ0n) is 15.4. The lowest BCUT2D eigenvalue weighted by Gasteiger charge is -2.30. The predicted molar refractivity (Wildman–Crippen MR) is 108 cm³/mol. The van der Waals surface area contributed by atoms with Crippen molar-refractivity contribution < 1.29 is 4.79 Å². The molecule has 0 aliphatic carbocycles. The number of benzene rings is 2. The number of carbonyl (C=O) groups is 1. The predicted octanol–water partition coefficient (Wildman–Crippen LogP) is 4.38. The topological polar surface area (TPSA) is 58.1 Å². The van der Waals surface area contributed by atoms with Gasteiger partial charge in [0.25, 0.3) is 5.91 Å². The van der Waals surface area contributed by atoms with E-state index >= 15 is 0 Å². The molecule has 0 atom stereocenters. The summed E-state index contributed by atoms with van der Waals surface area (Å²) in [6, 6.07) is 16.2. The van der Waals surface area contributed by atoms with Crippen LogP contribution in [0.2, 0.25) is 0 Å². The van der Waals surface area contributed by atoms with E-state index in [-0.39, 0.29) is 5.91 Å². The van der Waals surface area contributed by atoms with E-state index < -0.39 is 0 Å². The standard InChI is InChI=1S/C22H22N4O/c1-2-16-9-11-18(12-10-16)25-22(27)19-14-24-21(15-23-19)26-13-5-7-17-6-3-4-8-20(17)26/h3-4,6,8-12,14-15H,2,5,7,13H2,1H3,(H,25,27). The van der Waals surface area contributed by atoms with Crippen molar-refractivity contribution in [3.05, 3.63) is 77.7 Å². The summed E-state index contributed by atoms with van der Waals surface area (Å²) in [6.07, 6.45) is 6.35. The number of aromatic nitrogens is 2. The maximum atomic E-state index is 12.4. The summed E-state index contributed by atoms with van der Waals surface area (Å²) in [4.78, 5) is 23.4. The molecule has 1 N–H and O–H groups in total. The van der Waals surface area contributed by atoms with Crippen LogP contribution in [0.3, 0.4) is 0 Å². The van der Waals surface area contributed by atoms with Gasteiger partial charge in [0, 0.05) is 17.9 Å². The molecule has 0 fully saturated rings. The monoisotopic (exact) mass is 358 g/mol. The van der Waals surface area contributed by atoms with Crippen molar-refractivity contribution in [1.29, 1.82) is 0 Å². The number of fused-ring (bicyclic) bond motifs is 1. The van der Waals surface area contributed by atoms with Crippen LogP contribution in [0.25, 0.3) is 0 Å². The first-order chi connectivity index (χ1) is 13.2. The van der Waals surface area contributed by atoms with E-state index in [4.69, 9.17) is 0 Å². The molecule has 136 valence electrons.